The molecule has 0 aliphatic carbocycles. The maximum absolute atomic E-state index is 12.5. The van der Waals surface area contributed by atoms with Gasteiger partial charge in [0.15, 0.2) is 0 Å². The van der Waals surface area contributed by atoms with E-state index < -0.39 is 10.0 Å². The second-order valence-electron chi connectivity index (χ2n) is 7.52. The predicted octanol–water partition coefficient (Wildman–Crippen LogP) is 2.62. The Kier molecular flexibility index (Phi) is 10.0. The number of likely N-dealkylation sites (tertiary alicyclic amines) is 1. The van der Waals surface area contributed by atoms with Crippen LogP contribution in [0.5, 0.6) is 0 Å². The Morgan fingerprint density at radius 3 is 2.66 bits per heavy atom. The van der Waals surface area contributed by atoms with E-state index in [1.807, 2.05) is 0 Å². The first-order valence-electron chi connectivity index (χ1n) is 10.1. The van der Waals surface area contributed by atoms with E-state index in [1.54, 1.807) is 6.07 Å². The lowest BCUT2D eigenvalue weighted by Gasteiger charge is -2.30. The lowest BCUT2D eigenvalue weighted by Crippen LogP contribution is -2.34. The number of nitrogens with one attached hydrogen (secondary N) is 2. The van der Waals surface area contributed by atoms with Crippen molar-refractivity contribution in [2.75, 3.05) is 46.4 Å². The minimum atomic E-state index is -3.69. The number of hydrogen-bond acceptors (Lipinski definition) is 5. The average molecular weight is 490 g/mol. The van der Waals surface area contributed by atoms with Crippen molar-refractivity contribution in [3.8, 4) is 0 Å². The van der Waals surface area contributed by atoms with Crippen molar-refractivity contribution < 1.29 is 17.9 Å². The number of ether oxygens (including phenoxy) is 1. The highest BCUT2D eigenvalue weighted by Gasteiger charge is 2.18. The van der Waals surface area contributed by atoms with Crippen molar-refractivity contribution in [3.63, 3.8) is 0 Å². The molecule has 1 amide bonds. The molecule has 1 aliphatic heterocycles. The Hall–Kier alpha value is -1.00. The molecule has 7 nitrogen and oxygen atoms in total. The number of piperidine rings is 1. The third kappa shape index (κ3) is 7.97. The van der Waals surface area contributed by atoms with Crippen LogP contribution in [0.2, 0.25) is 0 Å². The molecule has 0 atom stereocenters. The van der Waals surface area contributed by atoms with Gasteiger partial charge in [-0.3, -0.25) is 4.79 Å². The number of unbranched alkanes of at least 4 members (excludes halogenated alkanes) is 1. The molecular formula is C20H32BrN3O4S. The van der Waals surface area contributed by atoms with Crippen LogP contribution in [0.25, 0.3) is 0 Å². The van der Waals surface area contributed by atoms with E-state index >= 15 is 0 Å². The Labute approximate surface area is 182 Å². The third-order valence-electron chi connectivity index (χ3n) is 5.15. The smallest absolute Gasteiger partial charge is 0.252 e. The molecule has 29 heavy (non-hydrogen) atoms. The molecule has 1 fully saturated rings. The number of benzene rings is 1. The number of hydrogen-bond donors (Lipinski definition) is 2. The molecule has 9 heteroatoms. The van der Waals surface area contributed by atoms with Crippen molar-refractivity contribution in [2.24, 2.45) is 5.92 Å². The topological polar surface area (TPSA) is 87.7 Å². The van der Waals surface area contributed by atoms with Gasteiger partial charge >= 0.3 is 0 Å². The second kappa shape index (κ2) is 12.0. The molecule has 0 unspecified atom stereocenters. The van der Waals surface area contributed by atoms with Crippen LogP contribution < -0.4 is 10.0 Å². The monoisotopic (exact) mass is 489 g/mol. The van der Waals surface area contributed by atoms with Gasteiger partial charge < -0.3 is 15.0 Å². The van der Waals surface area contributed by atoms with Crippen molar-refractivity contribution in [3.05, 3.63) is 28.2 Å². The van der Waals surface area contributed by atoms with Gasteiger partial charge in [0.25, 0.3) is 5.91 Å². The molecule has 0 saturated carbocycles. The summed E-state index contributed by atoms with van der Waals surface area (Å²) < 4.78 is 32.6. The van der Waals surface area contributed by atoms with Crippen molar-refractivity contribution in [1.82, 2.24) is 14.9 Å². The Morgan fingerprint density at radius 2 is 1.97 bits per heavy atom. The number of nitrogens with zero attached hydrogens (tertiary/aromatic N) is 1. The fraction of sp³-hybridized carbons (Fsp3) is 0.650. The first kappa shape index (κ1) is 24.3. The Morgan fingerprint density at radius 1 is 1.24 bits per heavy atom. The molecular weight excluding hydrogens is 458 g/mol. The zero-order valence-electron chi connectivity index (χ0n) is 17.2. The van der Waals surface area contributed by atoms with E-state index in [0.717, 1.165) is 25.3 Å². The lowest BCUT2D eigenvalue weighted by atomic mass is 9.99. The quantitative estimate of drug-likeness (QED) is 0.466. The van der Waals surface area contributed by atoms with Crippen molar-refractivity contribution in [2.45, 2.75) is 37.5 Å². The molecule has 0 radical (unpaired) electrons. The normalized spacial score (nSPS) is 16.1. The van der Waals surface area contributed by atoms with Crippen LogP contribution in [0.15, 0.2) is 27.6 Å². The fourth-order valence-electron chi connectivity index (χ4n) is 3.25. The van der Waals surface area contributed by atoms with Crippen LogP contribution in [0, 0.1) is 5.92 Å². The van der Waals surface area contributed by atoms with Gasteiger partial charge in [0.1, 0.15) is 0 Å². The summed E-state index contributed by atoms with van der Waals surface area (Å²) in [6, 6.07) is 4.44. The van der Waals surface area contributed by atoms with Gasteiger partial charge in [0.05, 0.1) is 17.1 Å². The molecule has 2 rings (SSSR count). The summed E-state index contributed by atoms with van der Waals surface area (Å²) >= 11 is 3.34. The molecule has 164 valence electrons. The number of rotatable bonds is 11. The van der Waals surface area contributed by atoms with Gasteiger partial charge in [-0.1, -0.05) is 6.92 Å². The van der Waals surface area contributed by atoms with Gasteiger partial charge in [-0.25, -0.2) is 13.1 Å². The number of methoxy groups -OCH3 is 1. The van der Waals surface area contributed by atoms with Crippen LogP contribution in [-0.4, -0.2) is 65.7 Å². The molecule has 0 spiro atoms. The minimum absolute atomic E-state index is 0.0567. The molecule has 0 aromatic heterocycles. The van der Waals surface area contributed by atoms with Crippen LogP contribution in [0.3, 0.4) is 0 Å². The number of carbonyl (C=O) groups excluding carboxylic acids is 1. The number of amides is 1. The SMILES string of the molecule is COCCNS(=O)(=O)c1ccc(Br)c(C(=O)NCCCCN2CCC(C)CC2)c1. The number of sulfonamides is 1. The Bertz CT molecular complexity index is 765. The van der Waals surface area contributed by atoms with E-state index in [4.69, 9.17) is 4.74 Å². The van der Waals surface area contributed by atoms with Crippen molar-refractivity contribution in [1.29, 1.82) is 0 Å². The van der Waals surface area contributed by atoms with Gasteiger partial charge in [-0.05, 0) is 85.4 Å². The summed E-state index contributed by atoms with van der Waals surface area (Å²) in [5.74, 6) is 0.552. The Balaban J connectivity index is 1.82. The molecule has 0 bridgehead atoms. The summed E-state index contributed by atoms with van der Waals surface area (Å²) in [5.41, 5.74) is 0.310. The summed E-state index contributed by atoms with van der Waals surface area (Å²) in [6.07, 6.45) is 4.47. The molecule has 1 heterocycles. The lowest BCUT2D eigenvalue weighted by molar-refractivity contribution is 0.0951. The van der Waals surface area contributed by atoms with E-state index in [2.05, 4.69) is 37.8 Å². The standard InChI is InChI=1S/C20H32BrN3O4S/c1-16-7-12-24(13-8-16)11-4-3-9-22-20(25)18-15-17(5-6-19(18)21)29(26,27)23-10-14-28-2/h5-6,15-16,23H,3-4,7-14H2,1-2H3,(H,22,25). The van der Waals surface area contributed by atoms with Crippen LogP contribution in [0.4, 0.5) is 0 Å². The third-order valence-corrected chi connectivity index (χ3v) is 7.30. The van der Waals surface area contributed by atoms with Crippen LogP contribution in [0.1, 0.15) is 43.0 Å². The highest BCUT2D eigenvalue weighted by Crippen LogP contribution is 2.21. The zero-order chi connectivity index (χ0) is 21.3. The predicted molar refractivity (Wildman–Crippen MR) is 118 cm³/mol. The fourth-order valence-corrected chi connectivity index (χ4v) is 4.72. The van der Waals surface area contributed by atoms with Gasteiger partial charge in [-0.2, -0.15) is 0 Å². The summed E-state index contributed by atoms with van der Waals surface area (Å²) in [7, 11) is -2.18. The second-order valence-corrected chi connectivity index (χ2v) is 10.1. The van der Waals surface area contributed by atoms with Gasteiger partial charge in [0.2, 0.25) is 10.0 Å². The van der Waals surface area contributed by atoms with Gasteiger partial charge in [0, 0.05) is 24.7 Å². The van der Waals surface area contributed by atoms with E-state index in [0.29, 0.717) is 16.6 Å². The zero-order valence-corrected chi connectivity index (χ0v) is 19.6. The van der Waals surface area contributed by atoms with Gasteiger partial charge in [-0.15, -0.1) is 0 Å². The molecule has 1 saturated heterocycles. The number of halogens is 1. The highest BCUT2D eigenvalue weighted by atomic mass is 79.9. The van der Waals surface area contributed by atoms with Crippen LogP contribution in [-0.2, 0) is 14.8 Å². The summed E-state index contributed by atoms with van der Waals surface area (Å²) in [5, 5.41) is 2.89. The maximum atomic E-state index is 12.5. The van der Waals surface area contributed by atoms with E-state index in [-0.39, 0.29) is 24.0 Å². The van der Waals surface area contributed by atoms with Crippen molar-refractivity contribution >= 4 is 31.9 Å². The molecule has 1 aromatic rings. The van der Waals surface area contributed by atoms with Crippen LogP contribution >= 0.6 is 15.9 Å². The number of carbonyl (C=O) groups is 1. The van der Waals surface area contributed by atoms with E-state index in [9.17, 15) is 13.2 Å². The first-order chi connectivity index (χ1) is 13.8. The maximum Gasteiger partial charge on any atom is 0.252 e. The summed E-state index contributed by atoms with van der Waals surface area (Å²) in [6.45, 7) is 6.72. The first-order valence-corrected chi connectivity index (χ1v) is 12.4. The molecule has 2 N–H and O–H groups in total. The molecule has 1 aliphatic rings. The summed E-state index contributed by atoms with van der Waals surface area (Å²) in [4.78, 5) is 15.1. The average Bonchev–Trinajstić information content (AvgIpc) is 2.69. The highest BCUT2D eigenvalue weighted by molar-refractivity contribution is 9.10. The minimum Gasteiger partial charge on any atom is -0.383 e. The molecule has 1 aromatic carbocycles. The van der Waals surface area contributed by atoms with E-state index in [1.165, 1.54) is 45.2 Å². The largest absolute Gasteiger partial charge is 0.383 e.